The molecule has 1 N–H and O–H groups in total. The van der Waals surface area contributed by atoms with Crippen LogP contribution < -0.4 is 5.32 Å². The third-order valence-corrected chi connectivity index (χ3v) is 4.96. The summed E-state index contributed by atoms with van der Waals surface area (Å²) in [6.45, 7) is 6.25. The molecule has 6 heteroatoms. The maximum absolute atomic E-state index is 11.4. The quantitative estimate of drug-likeness (QED) is 0.586. The summed E-state index contributed by atoms with van der Waals surface area (Å²) in [5.74, 6) is 0.914. The average molecular weight is 388 g/mol. The van der Waals surface area contributed by atoms with Crippen molar-refractivity contribution in [3.8, 4) is 0 Å². The van der Waals surface area contributed by atoms with Gasteiger partial charge in [-0.1, -0.05) is 54.1 Å². The Labute approximate surface area is 163 Å². The van der Waals surface area contributed by atoms with Gasteiger partial charge in [0.05, 0.1) is 12.3 Å². The van der Waals surface area contributed by atoms with Gasteiger partial charge in [0.15, 0.2) is 15.8 Å². The van der Waals surface area contributed by atoms with Crippen molar-refractivity contribution in [1.82, 2.24) is 10.2 Å². The van der Waals surface area contributed by atoms with Crippen molar-refractivity contribution in [2.45, 2.75) is 32.7 Å². The predicted molar refractivity (Wildman–Crippen MR) is 112 cm³/mol. The molecule has 5 nitrogen and oxygen atoms in total. The maximum atomic E-state index is 11.4. The molecule has 0 saturated carbocycles. The van der Waals surface area contributed by atoms with E-state index in [1.54, 1.807) is 0 Å². The molecule has 0 aliphatic rings. The van der Waals surface area contributed by atoms with Crippen molar-refractivity contribution in [1.29, 1.82) is 0 Å². The first-order chi connectivity index (χ1) is 12.8. The third kappa shape index (κ3) is 7.43. The molecule has 0 radical (unpaired) electrons. The summed E-state index contributed by atoms with van der Waals surface area (Å²) in [4.78, 5) is 6.82. The minimum Gasteiger partial charge on any atom is -0.357 e. The highest BCUT2D eigenvalue weighted by Gasteiger charge is 2.07. The van der Waals surface area contributed by atoms with Gasteiger partial charge in [0.2, 0.25) is 0 Å². The van der Waals surface area contributed by atoms with E-state index in [0.29, 0.717) is 6.54 Å². The van der Waals surface area contributed by atoms with Crippen LogP contribution in [0.4, 0.5) is 0 Å². The lowest BCUT2D eigenvalue weighted by molar-refractivity contribution is 0.477. The molecule has 0 aromatic heterocycles. The molecule has 0 heterocycles. The van der Waals surface area contributed by atoms with E-state index in [-0.39, 0.29) is 5.75 Å². The molecule has 0 amide bonds. The molecule has 27 heavy (non-hydrogen) atoms. The van der Waals surface area contributed by atoms with E-state index in [1.165, 1.54) is 17.4 Å². The number of guanidine groups is 1. The minimum atomic E-state index is -3.01. The van der Waals surface area contributed by atoms with Crippen LogP contribution in [-0.4, -0.2) is 39.1 Å². The lowest BCUT2D eigenvalue weighted by Crippen LogP contribution is -2.38. The summed E-state index contributed by atoms with van der Waals surface area (Å²) >= 11 is 0. The number of nitrogens with zero attached hydrogens (tertiary/aromatic N) is 2. The SMILES string of the molecule is CCNC(=NCc1ccc(CS(C)(=O)=O)cc1)N(C)Cc1ccc(C)cc1. The Morgan fingerprint density at radius 2 is 1.56 bits per heavy atom. The number of rotatable bonds is 7. The van der Waals surface area contributed by atoms with Gasteiger partial charge in [-0.15, -0.1) is 0 Å². The second-order valence-electron chi connectivity index (χ2n) is 6.90. The number of nitrogens with one attached hydrogen (secondary N) is 1. The van der Waals surface area contributed by atoms with Crippen LogP contribution in [0.3, 0.4) is 0 Å². The van der Waals surface area contributed by atoms with Crippen LogP contribution in [0.25, 0.3) is 0 Å². The highest BCUT2D eigenvalue weighted by atomic mass is 32.2. The van der Waals surface area contributed by atoms with Gasteiger partial charge in [-0.25, -0.2) is 13.4 Å². The summed E-state index contributed by atoms with van der Waals surface area (Å²) in [5, 5.41) is 3.32. The van der Waals surface area contributed by atoms with Crippen molar-refractivity contribution in [2.75, 3.05) is 19.8 Å². The number of sulfone groups is 1. The van der Waals surface area contributed by atoms with Crippen LogP contribution in [0.1, 0.15) is 29.2 Å². The molecule has 0 fully saturated rings. The summed E-state index contributed by atoms with van der Waals surface area (Å²) in [7, 11) is -0.987. The molecule has 0 unspecified atom stereocenters. The monoisotopic (exact) mass is 387 g/mol. The van der Waals surface area contributed by atoms with E-state index >= 15 is 0 Å². The molecular weight excluding hydrogens is 358 g/mol. The van der Waals surface area contributed by atoms with Crippen LogP contribution in [0.5, 0.6) is 0 Å². The van der Waals surface area contributed by atoms with Crippen molar-refractivity contribution < 1.29 is 8.42 Å². The topological polar surface area (TPSA) is 61.8 Å². The van der Waals surface area contributed by atoms with E-state index in [1.807, 2.05) is 31.3 Å². The molecule has 0 aliphatic carbocycles. The van der Waals surface area contributed by atoms with Crippen LogP contribution >= 0.6 is 0 Å². The molecule has 0 bridgehead atoms. The van der Waals surface area contributed by atoms with E-state index in [2.05, 4.69) is 48.3 Å². The van der Waals surface area contributed by atoms with E-state index in [4.69, 9.17) is 4.99 Å². The molecule has 2 aromatic carbocycles. The van der Waals surface area contributed by atoms with Crippen LogP contribution in [0, 0.1) is 6.92 Å². The predicted octanol–water partition coefficient (Wildman–Crippen LogP) is 3.14. The van der Waals surface area contributed by atoms with Crippen LogP contribution in [0.2, 0.25) is 0 Å². The van der Waals surface area contributed by atoms with E-state index in [9.17, 15) is 8.42 Å². The fourth-order valence-electron chi connectivity index (χ4n) is 2.72. The lowest BCUT2D eigenvalue weighted by Gasteiger charge is -2.22. The second kappa shape index (κ2) is 9.55. The standard InChI is InChI=1S/C21H29N3O2S/c1-5-22-21(24(3)15-19-8-6-17(2)7-9-19)23-14-18-10-12-20(13-11-18)16-27(4,25)26/h6-13H,5,14-16H2,1-4H3,(H,22,23). The number of aryl methyl sites for hydroxylation is 1. The van der Waals surface area contributed by atoms with Gasteiger partial charge < -0.3 is 10.2 Å². The summed E-state index contributed by atoms with van der Waals surface area (Å²) in [6, 6.07) is 16.1. The lowest BCUT2D eigenvalue weighted by atomic mass is 10.1. The summed E-state index contributed by atoms with van der Waals surface area (Å²) in [6.07, 6.45) is 1.25. The number of aliphatic imine (C=N–C) groups is 1. The first-order valence-electron chi connectivity index (χ1n) is 9.07. The summed E-state index contributed by atoms with van der Waals surface area (Å²) in [5.41, 5.74) is 4.33. The zero-order valence-electron chi connectivity index (χ0n) is 16.6. The normalized spacial score (nSPS) is 12.1. The number of hydrogen-bond acceptors (Lipinski definition) is 3. The van der Waals surface area contributed by atoms with Gasteiger partial charge >= 0.3 is 0 Å². The zero-order chi connectivity index (χ0) is 19.9. The van der Waals surface area contributed by atoms with Crippen molar-refractivity contribution in [3.05, 3.63) is 70.8 Å². The molecular formula is C21H29N3O2S. The smallest absolute Gasteiger partial charge is 0.194 e. The molecule has 2 aromatic rings. The van der Waals surface area contributed by atoms with Crippen molar-refractivity contribution in [2.24, 2.45) is 4.99 Å². The Morgan fingerprint density at radius 3 is 2.11 bits per heavy atom. The fourth-order valence-corrected chi connectivity index (χ4v) is 3.52. The molecule has 0 saturated heterocycles. The first kappa shape index (κ1) is 21.0. The molecule has 0 aliphatic heterocycles. The van der Waals surface area contributed by atoms with Gasteiger partial charge in [-0.3, -0.25) is 0 Å². The van der Waals surface area contributed by atoms with Crippen LogP contribution in [0.15, 0.2) is 53.5 Å². The number of hydrogen-bond donors (Lipinski definition) is 1. The molecule has 2 rings (SSSR count). The van der Waals surface area contributed by atoms with E-state index in [0.717, 1.165) is 30.2 Å². The Balaban J connectivity index is 2.04. The van der Waals surface area contributed by atoms with E-state index < -0.39 is 9.84 Å². The first-order valence-corrected chi connectivity index (χ1v) is 11.1. The third-order valence-electron chi connectivity index (χ3n) is 4.10. The van der Waals surface area contributed by atoms with Gasteiger partial charge in [-0.05, 0) is 30.5 Å². The van der Waals surface area contributed by atoms with Crippen molar-refractivity contribution >= 4 is 15.8 Å². The molecule has 0 spiro atoms. The highest BCUT2D eigenvalue weighted by molar-refractivity contribution is 7.89. The average Bonchev–Trinajstić information content (AvgIpc) is 2.60. The Kier molecular flexibility index (Phi) is 7.42. The fraction of sp³-hybridized carbons (Fsp3) is 0.381. The molecule has 0 atom stereocenters. The largest absolute Gasteiger partial charge is 0.357 e. The Hall–Kier alpha value is -2.34. The summed E-state index contributed by atoms with van der Waals surface area (Å²) < 4.78 is 22.8. The van der Waals surface area contributed by atoms with Crippen LogP contribution in [-0.2, 0) is 28.7 Å². The molecule has 146 valence electrons. The maximum Gasteiger partial charge on any atom is 0.194 e. The Morgan fingerprint density at radius 1 is 1.00 bits per heavy atom. The minimum absolute atomic E-state index is 0.0679. The Bertz CT molecular complexity index is 857. The van der Waals surface area contributed by atoms with Gasteiger partial charge in [0, 0.05) is 26.4 Å². The van der Waals surface area contributed by atoms with Crippen molar-refractivity contribution in [3.63, 3.8) is 0 Å². The van der Waals surface area contributed by atoms with Gasteiger partial charge in [-0.2, -0.15) is 0 Å². The number of benzene rings is 2. The zero-order valence-corrected chi connectivity index (χ0v) is 17.4. The second-order valence-corrected chi connectivity index (χ2v) is 9.04. The highest BCUT2D eigenvalue weighted by Crippen LogP contribution is 2.10. The van der Waals surface area contributed by atoms with Gasteiger partial charge in [0.1, 0.15) is 0 Å². The van der Waals surface area contributed by atoms with Gasteiger partial charge in [0.25, 0.3) is 0 Å².